The van der Waals surface area contributed by atoms with Crippen LogP contribution in [-0.4, -0.2) is 66.6 Å². The molecule has 0 atom stereocenters. The lowest BCUT2D eigenvalue weighted by molar-refractivity contribution is 0.151. The number of alkyl halides is 2. The molecule has 0 unspecified atom stereocenters. The number of hydrogen-bond donors (Lipinski definition) is 2. The summed E-state index contributed by atoms with van der Waals surface area (Å²) in [6.07, 6.45) is 6.45. The summed E-state index contributed by atoms with van der Waals surface area (Å²) < 4.78 is 32.5. The van der Waals surface area contributed by atoms with Crippen molar-refractivity contribution in [3.8, 4) is 0 Å². The summed E-state index contributed by atoms with van der Waals surface area (Å²) in [7, 11) is 5.28. The molecule has 3 aliphatic heterocycles. The third-order valence-electron chi connectivity index (χ3n) is 10.1. The Bertz CT molecular complexity index is 1620. The van der Waals surface area contributed by atoms with Gasteiger partial charge in [0.2, 0.25) is 0 Å². The van der Waals surface area contributed by atoms with E-state index in [0.29, 0.717) is 23.6 Å². The molecule has 236 valence electrons. The van der Waals surface area contributed by atoms with E-state index in [1.165, 1.54) is 30.8 Å². The van der Waals surface area contributed by atoms with Gasteiger partial charge in [0.15, 0.2) is 0 Å². The molecule has 3 N–H and O–H groups in total. The fourth-order valence-corrected chi connectivity index (χ4v) is 7.68. The topological polar surface area (TPSA) is 83.8 Å². The summed E-state index contributed by atoms with van der Waals surface area (Å²) in [5.74, 6) is 1.09. The molecule has 0 aliphatic carbocycles. The molecule has 2 aromatic carbocycles. The molecule has 2 saturated heterocycles. The van der Waals surface area contributed by atoms with Crippen molar-refractivity contribution >= 4 is 34.2 Å². The van der Waals surface area contributed by atoms with E-state index in [0.717, 1.165) is 92.3 Å². The third-order valence-corrected chi connectivity index (χ3v) is 10.1. The van der Waals surface area contributed by atoms with E-state index in [1.807, 2.05) is 20.2 Å². The van der Waals surface area contributed by atoms with Gasteiger partial charge in [0, 0.05) is 69.2 Å². The van der Waals surface area contributed by atoms with Crippen LogP contribution < -0.4 is 21.6 Å². The average Bonchev–Trinajstić information content (AvgIpc) is 3.26. The minimum absolute atomic E-state index is 0.0518. The van der Waals surface area contributed by atoms with E-state index in [2.05, 4.69) is 32.2 Å². The van der Waals surface area contributed by atoms with Gasteiger partial charge in [-0.1, -0.05) is 0 Å². The van der Waals surface area contributed by atoms with Crippen LogP contribution in [-0.2, 0) is 20.5 Å². The first-order chi connectivity index (χ1) is 21.3. The lowest BCUT2D eigenvalue weighted by Crippen LogP contribution is -2.40. The molecule has 6 rings (SSSR count). The van der Waals surface area contributed by atoms with Crippen LogP contribution in [0.15, 0.2) is 40.3 Å². The summed E-state index contributed by atoms with van der Waals surface area (Å²) in [5, 5.41) is 3.47. The van der Waals surface area contributed by atoms with Crippen molar-refractivity contribution in [1.29, 1.82) is 0 Å². The van der Waals surface area contributed by atoms with Gasteiger partial charge in [-0.3, -0.25) is 14.1 Å². The molecular weight excluding hydrogens is 560 g/mol. The predicted molar refractivity (Wildman–Crippen MR) is 175 cm³/mol. The van der Waals surface area contributed by atoms with E-state index in [4.69, 9.17) is 5.73 Å². The van der Waals surface area contributed by atoms with Crippen molar-refractivity contribution in [3.05, 3.63) is 63.2 Å². The highest BCUT2D eigenvalue weighted by atomic mass is 19.3. The zero-order chi connectivity index (χ0) is 31.0. The van der Waals surface area contributed by atoms with E-state index in [9.17, 15) is 13.6 Å². The van der Waals surface area contributed by atoms with Gasteiger partial charge in [-0.25, -0.2) is 13.6 Å². The molecule has 3 aromatic rings. The van der Waals surface area contributed by atoms with Crippen molar-refractivity contribution in [1.82, 2.24) is 19.4 Å². The van der Waals surface area contributed by atoms with E-state index >= 15 is 0 Å². The van der Waals surface area contributed by atoms with Crippen LogP contribution in [0.25, 0.3) is 16.6 Å². The number of nitrogens with zero attached hydrogens (tertiary/aromatic N) is 5. The molecule has 0 radical (unpaired) electrons. The number of aliphatic imine (C=N–C) groups is 1. The largest absolute Gasteiger partial charge is 0.404 e. The Morgan fingerprint density at radius 2 is 1.82 bits per heavy atom. The van der Waals surface area contributed by atoms with Crippen LogP contribution >= 0.6 is 0 Å². The number of hydrogen-bond acceptors (Lipinski definition) is 6. The van der Waals surface area contributed by atoms with Crippen LogP contribution in [0, 0.1) is 5.92 Å². The number of allylic oxidation sites excluding steroid dienone is 1. The number of likely N-dealkylation sites (tertiary alicyclic amines) is 1. The van der Waals surface area contributed by atoms with Crippen LogP contribution in [0.2, 0.25) is 0 Å². The molecule has 0 saturated carbocycles. The Morgan fingerprint density at radius 3 is 2.50 bits per heavy atom. The highest BCUT2D eigenvalue weighted by Crippen LogP contribution is 2.42. The summed E-state index contributed by atoms with van der Waals surface area (Å²) >= 11 is 0. The van der Waals surface area contributed by atoms with Crippen LogP contribution in [0.1, 0.15) is 66.7 Å². The number of benzene rings is 2. The standard InChI is InChI=1S/C34H45F2N7O/c1-38-20-25(19-37)27-15-24-5-4-12-43(30(24)18-29(27)33(35)36)26-16-28(32-31(17-26)40(2)34(44)41(32)3)23-8-13-42(14-9-23)21-22-6-10-39-11-7-22/h15-20,22-23,33,39H,4-14,21,37H2,1-3H3/b25-19+,38-20?. The molecule has 2 fully saturated rings. The van der Waals surface area contributed by atoms with Gasteiger partial charge in [0.1, 0.15) is 0 Å². The zero-order valence-electron chi connectivity index (χ0n) is 26.2. The van der Waals surface area contributed by atoms with Crippen LogP contribution in [0.4, 0.5) is 20.2 Å². The second-order valence-corrected chi connectivity index (χ2v) is 12.7. The number of fused-ring (bicyclic) bond motifs is 2. The molecule has 44 heavy (non-hydrogen) atoms. The maximum atomic E-state index is 14.5. The number of anilines is 2. The van der Waals surface area contributed by atoms with Gasteiger partial charge >= 0.3 is 5.69 Å². The van der Waals surface area contributed by atoms with Gasteiger partial charge in [-0.05, 0) is 117 Å². The highest BCUT2D eigenvalue weighted by Gasteiger charge is 2.29. The molecular formula is C34H45F2N7O. The molecule has 3 aliphatic rings. The number of aryl methyl sites for hydroxylation is 3. The number of aromatic nitrogens is 2. The molecule has 0 bridgehead atoms. The Morgan fingerprint density at radius 1 is 1.07 bits per heavy atom. The van der Waals surface area contributed by atoms with E-state index < -0.39 is 6.43 Å². The number of nitrogens with two attached hydrogens (primary N) is 1. The monoisotopic (exact) mass is 605 g/mol. The van der Waals surface area contributed by atoms with Crippen molar-refractivity contribution in [2.45, 2.75) is 50.9 Å². The van der Waals surface area contributed by atoms with Crippen LogP contribution in [0.5, 0.6) is 0 Å². The van der Waals surface area contributed by atoms with E-state index in [1.54, 1.807) is 22.2 Å². The van der Waals surface area contributed by atoms with Crippen molar-refractivity contribution < 1.29 is 8.78 Å². The Labute approximate surface area is 258 Å². The maximum Gasteiger partial charge on any atom is 0.328 e. The fraction of sp³-hybridized carbons (Fsp3) is 0.529. The third kappa shape index (κ3) is 5.70. The van der Waals surface area contributed by atoms with Gasteiger partial charge in [0.05, 0.1) is 11.0 Å². The summed E-state index contributed by atoms with van der Waals surface area (Å²) in [5.41, 5.74) is 12.4. The average molecular weight is 606 g/mol. The number of rotatable bonds is 7. The molecule has 0 spiro atoms. The minimum atomic E-state index is -2.66. The summed E-state index contributed by atoms with van der Waals surface area (Å²) in [4.78, 5) is 22.0. The number of nitrogens with one attached hydrogen (secondary N) is 1. The Hall–Kier alpha value is -3.50. The number of halogens is 2. The SMILES string of the molecule is CN=C/C(=C\N)c1cc2c(cc1C(F)F)N(c1cc(C3CCN(CC4CCNCC4)CC3)c3c(c1)n(C)c(=O)n3C)CCC2. The van der Waals surface area contributed by atoms with Crippen molar-refractivity contribution in [2.24, 2.45) is 30.7 Å². The smallest absolute Gasteiger partial charge is 0.328 e. The quantitative estimate of drug-likeness (QED) is 0.367. The minimum Gasteiger partial charge on any atom is -0.404 e. The van der Waals surface area contributed by atoms with Gasteiger partial charge in [-0.2, -0.15) is 0 Å². The lowest BCUT2D eigenvalue weighted by Gasteiger charge is -2.36. The van der Waals surface area contributed by atoms with E-state index in [-0.39, 0.29) is 11.3 Å². The first-order valence-corrected chi connectivity index (χ1v) is 16.0. The normalized spacial score (nSPS) is 19.5. The highest BCUT2D eigenvalue weighted by molar-refractivity contribution is 6.10. The summed E-state index contributed by atoms with van der Waals surface area (Å²) in [6.45, 7) is 6.21. The lowest BCUT2D eigenvalue weighted by atomic mass is 9.86. The number of imidazole rings is 1. The summed E-state index contributed by atoms with van der Waals surface area (Å²) in [6, 6.07) is 7.79. The van der Waals surface area contributed by atoms with Crippen LogP contribution in [0.3, 0.4) is 0 Å². The fourth-order valence-electron chi connectivity index (χ4n) is 7.68. The molecule has 10 heteroatoms. The Balaban J connectivity index is 1.38. The molecule has 8 nitrogen and oxygen atoms in total. The maximum absolute atomic E-state index is 14.5. The second-order valence-electron chi connectivity index (χ2n) is 12.7. The molecule has 0 amide bonds. The van der Waals surface area contributed by atoms with Gasteiger partial charge in [0.25, 0.3) is 6.43 Å². The van der Waals surface area contributed by atoms with Gasteiger partial charge in [-0.15, -0.1) is 0 Å². The first-order valence-electron chi connectivity index (χ1n) is 16.0. The molecule has 1 aromatic heterocycles. The van der Waals surface area contributed by atoms with Gasteiger partial charge < -0.3 is 20.9 Å². The van der Waals surface area contributed by atoms with Crippen molar-refractivity contribution in [3.63, 3.8) is 0 Å². The second kappa shape index (κ2) is 12.9. The first kappa shape index (κ1) is 30.5. The molecule has 4 heterocycles. The Kier molecular flexibility index (Phi) is 8.91. The van der Waals surface area contributed by atoms with Crippen molar-refractivity contribution in [2.75, 3.05) is 51.2 Å². The predicted octanol–water partition coefficient (Wildman–Crippen LogP) is 5.08. The number of piperidine rings is 2. The zero-order valence-corrected chi connectivity index (χ0v) is 26.2.